The van der Waals surface area contributed by atoms with Gasteiger partial charge < -0.3 is 10.5 Å². The maximum absolute atomic E-state index is 6.15. The van der Waals surface area contributed by atoms with Gasteiger partial charge in [0.1, 0.15) is 5.75 Å². The Hall–Kier alpha value is -0.730. The molecule has 0 spiro atoms. The molecule has 2 N–H and O–H groups in total. The van der Waals surface area contributed by atoms with Crippen LogP contribution in [0.25, 0.3) is 0 Å². The number of ether oxygens (including phenoxy) is 1. The van der Waals surface area contributed by atoms with Gasteiger partial charge in [0.2, 0.25) is 0 Å². The summed E-state index contributed by atoms with van der Waals surface area (Å²) < 4.78 is 5.28. The van der Waals surface area contributed by atoms with Crippen molar-refractivity contribution in [2.75, 3.05) is 13.7 Å². The quantitative estimate of drug-likeness (QED) is 0.859. The van der Waals surface area contributed by atoms with Crippen molar-refractivity contribution in [3.63, 3.8) is 0 Å². The molecular formula is C12H18ClNO. The summed E-state index contributed by atoms with van der Waals surface area (Å²) in [5.74, 6) is 1.22. The lowest BCUT2D eigenvalue weighted by atomic mass is 9.99. The summed E-state index contributed by atoms with van der Waals surface area (Å²) >= 11 is 6.15. The first-order valence-electron chi connectivity index (χ1n) is 5.16. The van der Waals surface area contributed by atoms with Crippen LogP contribution in [-0.2, 0) is 6.42 Å². The second-order valence-corrected chi connectivity index (χ2v) is 4.30. The van der Waals surface area contributed by atoms with Crippen LogP contribution in [0.3, 0.4) is 0 Å². The summed E-state index contributed by atoms with van der Waals surface area (Å²) in [6.07, 6.45) is 0.795. The minimum Gasteiger partial charge on any atom is -0.495 e. The van der Waals surface area contributed by atoms with Crippen molar-refractivity contribution in [3.05, 3.63) is 28.3 Å². The van der Waals surface area contributed by atoms with E-state index in [1.54, 1.807) is 7.11 Å². The van der Waals surface area contributed by atoms with Crippen molar-refractivity contribution in [2.45, 2.75) is 26.2 Å². The molecular weight excluding hydrogens is 210 g/mol. The molecule has 0 amide bonds. The van der Waals surface area contributed by atoms with Gasteiger partial charge in [0.25, 0.3) is 0 Å². The number of hydrogen-bond donors (Lipinski definition) is 1. The summed E-state index contributed by atoms with van der Waals surface area (Å²) in [5.41, 5.74) is 7.88. The Labute approximate surface area is 96.4 Å². The van der Waals surface area contributed by atoms with Gasteiger partial charge in [-0.05, 0) is 36.1 Å². The minimum atomic E-state index is 0.463. The molecule has 0 aliphatic carbocycles. The van der Waals surface area contributed by atoms with Crippen LogP contribution in [0.5, 0.6) is 5.75 Å². The van der Waals surface area contributed by atoms with Crippen LogP contribution in [0.15, 0.2) is 12.1 Å². The van der Waals surface area contributed by atoms with Crippen LogP contribution < -0.4 is 10.5 Å². The molecule has 0 aliphatic rings. The Balaban J connectivity index is 3.19. The predicted molar refractivity (Wildman–Crippen MR) is 64.9 cm³/mol. The predicted octanol–water partition coefficient (Wildman–Crippen LogP) is 2.97. The number of benzene rings is 1. The van der Waals surface area contributed by atoms with Gasteiger partial charge in [-0.3, -0.25) is 0 Å². The van der Waals surface area contributed by atoms with Gasteiger partial charge in [0, 0.05) is 0 Å². The lowest BCUT2D eigenvalue weighted by molar-refractivity contribution is 0.409. The van der Waals surface area contributed by atoms with E-state index in [4.69, 9.17) is 22.1 Å². The largest absolute Gasteiger partial charge is 0.495 e. The fourth-order valence-electron chi connectivity index (χ4n) is 1.58. The summed E-state index contributed by atoms with van der Waals surface area (Å²) in [6, 6.07) is 4.09. The van der Waals surface area contributed by atoms with E-state index < -0.39 is 0 Å². The van der Waals surface area contributed by atoms with Crippen LogP contribution in [-0.4, -0.2) is 13.7 Å². The highest BCUT2D eigenvalue weighted by molar-refractivity contribution is 6.32. The Bertz CT molecular complexity index is 337. The molecule has 3 heteroatoms. The number of rotatable bonds is 4. The second-order valence-electron chi connectivity index (χ2n) is 3.89. The fourth-order valence-corrected chi connectivity index (χ4v) is 1.90. The van der Waals surface area contributed by atoms with Crippen LogP contribution >= 0.6 is 11.6 Å². The molecule has 0 radical (unpaired) electrons. The molecule has 0 saturated heterocycles. The van der Waals surface area contributed by atoms with E-state index in [1.807, 2.05) is 6.07 Å². The van der Waals surface area contributed by atoms with Crippen molar-refractivity contribution in [3.8, 4) is 5.75 Å². The molecule has 1 aromatic carbocycles. The monoisotopic (exact) mass is 227 g/mol. The van der Waals surface area contributed by atoms with Gasteiger partial charge in [-0.2, -0.15) is 0 Å². The molecule has 0 heterocycles. The third kappa shape index (κ3) is 2.86. The molecule has 0 bridgehead atoms. The molecule has 0 fully saturated rings. The van der Waals surface area contributed by atoms with E-state index in [0.717, 1.165) is 17.7 Å². The van der Waals surface area contributed by atoms with Gasteiger partial charge in [0.05, 0.1) is 12.1 Å². The van der Waals surface area contributed by atoms with Crippen molar-refractivity contribution >= 4 is 11.6 Å². The van der Waals surface area contributed by atoms with Crippen molar-refractivity contribution < 1.29 is 4.74 Å². The Kier molecular flexibility index (Phi) is 4.43. The molecule has 0 aliphatic heterocycles. The number of nitrogens with two attached hydrogens (primary N) is 1. The smallest absolute Gasteiger partial charge is 0.140 e. The maximum atomic E-state index is 6.15. The van der Waals surface area contributed by atoms with Crippen LogP contribution in [0.2, 0.25) is 5.02 Å². The van der Waals surface area contributed by atoms with Gasteiger partial charge in [-0.25, -0.2) is 0 Å². The summed E-state index contributed by atoms with van der Waals surface area (Å²) in [4.78, 5) is 0. The van der Waals surface area contributed by atoms with E-state index in [-0.39, 0.29) is 0 Å². The molecule has 15 heavy (non-hydrogen) atoms. The topological polar surface area (TPSA) is 35.2 Å². The standard InChI is InChI=1S/C12H18ClNO/c1-8(2)10-6-9(4-5-14)12(15-3)11(13)7-10/h6-8H,4-5,14H2,1-3H3. The van der Waals surface area contributed by atoms with Crippen molar-refractivity contribution in [1.82, 2.24) is 0 Å². The first-order valence-corrected chi connectivity index (χ1v) is 5.54. The Morgan fingerprint density at radius 2 is 2.07 bits per heavy atom. The van der Waals surface area contributed by atoms with Crippen LogP contribution in [0, 0.1) is 0 Å². The molecule has 1 rings (SSSR count). The van der Waals surface area contributed by atoms with Gasteiger partial charge in [-0.1, -0.05) is 31.5 Å². The highest BCUT2D eigenvalue weighted by Gasteiger charge is 2.11. The van der Waals surface area contributed by atoms with Crippen LogP contribution in [0.4, 0.5) is 0 Å². The lowest BCUT2D eigenvalue weighted by Gasteiger charge is -2.14. The summed E-state index contributed by atoms with van der Waals surface area (Å²) in [5, 5.41) is 0.673. The van der Waals surface area contributed by atoms with Crippen molar-refractivity contribution in [2.24, 2.45) is 5.73 Å². The van der Waals surface area contributed by atoms with E-state index in [9.17, 15) is 0 Å². The zero-order chi connectivity index (χ0) is 11.4. The zero-order valence-corrected chi connectivity index (χ0v) is 10.3. The molecule has 2 nitrogen and oxygen atoms in total. The van der Waals surface area contributed by atoms with E-state index >= 15 is 0 Å². The molecule has 0 saturated carbocycles. The Morgan fingerprint density at radius 1 is 1.40 bits per heavy atom. The first kappa shape index (κ1) is 12.3. The Morgan fingerprint density at radius 3 is 2.53 bits per heavy atom. The lowest BCUT2D eigenvalue weighted by Crippen LogP contribution is -2.05. The number of methoxy groups -OCH3 is 1. The fraction of sp³-hybridized carbons (Fsp3) is 0.500. The zero-order valence-electron chi connectivity index (χ0n) is 9.51. The third-order valence-corrected chi connectivity index (χ3v) is 2.71. The maximum Gasteiger partial charge on any atom is 0.140 e. The average molecular weight is 228 g/mol. The third-order valence-electron chi connectivity index (χ3n) is 2.43. The molecule has 1 aromatic rings. The molecule has 0 aromatic heterocycles. The highest BCUT2D eigenvalue weighted by Crippen LogP contribution is 2.32. The highest BCUT2D eigenvalue weighted by atomic mass is 35.5. The molecule has 0 unspecified atom stereocenters. The number of hydrogen-bond acceptors (Lipinski definition) is 2. The minimum absolute atomic E-state index is 0.463. The van der Waals surface area contributed by atoms with Gasteiger partial charge in [0.15, 0.2) is 0 Å². The van der Waals surface area contributed by atoms with E-state index in [0.29, 0.717) is 17.5 Å². The summed E-state index contributed by atoms with van der Waals surface area (Å²) in [6.45, 7) is 4.89. The SMILES string of the molecule is COc1c(Cl)cc(C(C)C)cc1CCN. The average Bonchev–Trinajstić information content (AvgIpc) is 2.17. The van der Waals surface area contributed by atoms with E-state index in [1.165, 1.54) is 5.56 Å². The number of halogens is 1. The molecule has 0 atom stereocenters. The van der Waals surface area contributed by atoms with Gasteiger partial charge in [-0.15, -0.1) is 0 Å². The van der Waals surface area contributed by atoms with E-state index in [2.05, 4.69) is 19.9 Å². The summed E-state index contributed by atoms with van der Waals surface area (Å²) in [7, 11) is 1.64. The van der Waals surface area contributed by atoms with Crippen LogP contribution in [0.1, 0.15) is 30.9 Å². The first-order chi connectivity index (χ1) is 7.10. The normalized spacial score (nSPS) is 10.8. The van der Waals surface area contributed by atoms with Gasteiger partial charge >= 0.3 is 0 Å². The second kappa shape index (κ2) is 5.38. The molecule has 84 valence electrons. The van der Waals surface area contributed by atoms with Crippen molar-refractivity contribution in [1.29, 1.82) is 0 Å².